The molecule has 0 unspecified atom stereocenters. The summed E-state index contributed by atoms with van der Waals surface area (Å²) < 4.78 is 5.31. The Kier molecular flexibility index (Phi) is 1.21. The van der Waals surface area contributed by atoms with Crippen LogP contribution in [0.2, 0.25) is 0 Å². The van der Waals surface area contributed by atoms with E-state index in [0.717, 1.165) is 6.42 Å². The van der Waals surface area contributed by atoms with Gasteiger partial charge in [0, 0.05) is 0 Å². The van der Waals surface area contributed by atoms with E-state index in [2.05, 4.69) is 0 Å². The van der Waals surface area contributed by atoms with Gasteiger partial charge in [0.25, 0.3) is 0 Å². The van der Waals surface area contributed by atoms with E-state index in [-0.39, 0.29) is 24.1 Å². The second-order valence-electron chi connectivity index (χ2n) is 3.44. The number of Topliss-reactive ketones (excluding diaryl/α,β-unsaturated/α-hetero) is 2. The summed E-state index contributed by atoms with van der Waals surface area (Å²) in [5.41, 5.74) is -0.626. The van der Waals surface area contributed by atoms with Crippen molar-refractivity contribution >= 4 is 11.6 Å². The summed E-state index contributed by atoms with van der Waals surface area (Å²) >= 11 is 0. The molecule has 2 aliphatic rings. The third-order valence-electron chi connectivity index (χ3n) is 2.57. The topological polar surface area (TPSA) is 43.4 Å². The van der Waals surface area contributed by atoms with Crippen molar-refractivity contribution in [2.45, 2.75) is 37.9 Å². The molecule has 0 aromatic heterocycles. The highest BCUT2D eigenvalue weighted by Crippen LogP contribution is 2.36. The third kappa shape index (κ3) is 0.839. The molecule has 3 nitrogen and oxygen atoms in total. The average molecular weight is 154 g/mol. The van der Waals surface area contributed by atoms with E-state index in [9.17, 15) is 9.59 Å². The van der Waals surface area contributed by atoms with Crippen LogP contribution in [0, 0.1) is 0 Å². The predicted molar refractivity (Wildman–Crippen MR) is 37.1 cm³/mol. The zero-order chi connectivity index (χ0) is 8.06. The molecule has 0 radical (unpaired) electrons. The number of carbonyl (C=O) groups is 2. The van der Waals surface area contributed by atoms with Gasteiger partial charge in [-0.05, 0) is 19.8 Å². The molecule has 0 saturated carbocycles. The number of fused-ring (bicyclic) bond motifs is 2. The Morgan fingerprint density at radius 2 is 2.27 bits per heavy atom. The number of hydrogen-bond acceptors (Lipinski definition) is 3. The van der Waals surface area contributed by atoms with Gasteiger partial charge < -0.3 is 4.74 Å². The molecule has 0 aromatic rings. The summed E-state index contributed by atoms with van der Waals surface area (Å²) in [6, 6.07) is 0. The highest BCUT2D eigenvalue weighted by molar-refractivity contribution is 6.07. The number of rotatable bonds is 0. The zero-order valence-electron chi connectivity index (χ0n) is 6.42. The predicted octanol–water partition coefficient (Wildman–Crippen LogP) is 0.466. The fourth-order valence-electron chi connectivity index (χ4n) is 1.73. The second-order valence-corrected chi connectivity index (χ2v) is 3.44. The van der Waals surface area contributed by atoms with Gasteiger partial charge in [-0.3, -0.25) is 9.59 Å². The first-order chi connectivity index (χ1) is 5.12. The zero-order valence-corrected chi connectivity index (χ0v) is 6.42. The van der Waals surface area contributed by atoms with Crippen molar-refractivity contribution in [1.82, 2.24) is 0 Å². The molecule has 2 atom stereocenters. The lowest BCUT2D eigenvalue weighted by molar-refractivity contribution is -0.158. The third-order valence-corrected chi connectivity index (χ3v) is 2.57. The summed E-state index contributed by atoms with van der Waals surface area (Å²) in [4.78, 5) is 22.3. The van der Waals surface area contributed by atoms with Crippen molar-refractivity contribution < 1.29 is 14.3 Å². The molecule has 0 spiro atoms. The Morgan fingerprint density at radius 3 is 3.00 bits per heavy atom. The smallest absolute Gasteiger partial charge is 0.171 e. The summed E-state index contributed by atoms with van der Waals surface area (Å²) in [5.74, 6) is -0.0822. The Hall–Kier alpha value is -0.700. The number of ether oxygens (including phenoxy) is 1. The van der Waals surface area contributed by atoms with E-state index in [4.69, 9.17) is 4.74 Å². The minimum absolute atomic E-state index is 0.0371. The van der Waals surface area contributed by atoms with Gasteiger partial charge in [0.05, 0.1) is 6.42 Å². The minimum Gasteiger partial charge on any atom is -0.356 e. The van der Waals surface area contributed by atoms with Crippen LogP contribution in [-0.2, 0) is 14.3 Å². The van der Waals surface area contributed by atoms with Gasteiger partial charge in [-0.15, -0.1) is 0 Å². The minimum atomic E-state index is -0.626. The van der Waals surface area contributed by atoms with Gasteiger partial charge in [0.1, 0.15) is 11.7 Å². The average Bonchev–Trinajstić information content (AvgIpc) is 2.28. The van der Waals surface area contributed by atoms with Gasteiger partial charge >= 0.3 is 0 Å². The monoisotopic (exact) mass is 154 g/mol. The van der Waals surface area contributed by atoms with E-state index in [0.29, 0.717) is 6.42 Å². The lowest BCUT2D eigenvalue weighted by Gasteiger charge is -2.26. The molecule has 2 saturated heterocycles. The Morgan fingerprint density at radius 1 is 1.55 bits per heavy atom. The molecule has 11 heavy (non-hydrogen) atoms. The molecule has 0 N–H and O–H groups in total. The molecule has 3 heteroatoms. The summed E-state index contributed by atoms with van der Waals surface area (Å²) in [7, 11) is 0. The van der Waals surface area contributed by atoms with Crippen molar-refractivity contribution in [1.29, 1.82) is 0 Å². The first kappa shape index (κ1) is 6.98. The van der Waals surface area contributed by atoms with Crippen LogP contribution in [0.1, 0.15) is 26.2 Å². The van der Waals surface area contributed by atoms with E-state index < -0.39 is 5.60 Å². The molecule has 0 amide bonds. The number of ketones is 2. The fraction of sp³-hybridized carbons (Fsp3) is 0.750. The summed E-state index contributed by atoms with van der Waals surface area (Å²) in [5, 5.41) is 0. The summed E-state index contributed by atoms with van der Waals surface area (Å²) in [6.45, 7) is 1.78. The van der Waals surface area contributed by atoms with E-state index in [1.54, 1.807) is 6.92 Å². The Bertz CT molecular complexity index is 233. The van der Waals surface area contributed by atoms with Gasteiger partial charge in [0.15, 0.2) is 11.6 Å². The summed E-state index contributed by atoms with van der Waals surface area (Å²) in [6.07, 6.45) is 1.24. The van der Waals surface area contributed by atoms with Gasteiger partial charge in [-0.25, -0.2) is 0 Å². The Balaban J connectivity index is 2.32. The molecule has 2 bridgehead atoms. The molecule has 2 aliphatic heterocycles. The molecule has 60 valence electrons. The maximum Gasteiger partial charge on any atom is 0.171 e. The molecule has 0 aliphatic carbocycles. The highest BCUT2D eigenvalue weighted by atomic mass is 16.5. The van der Waals surface area contributed by atoms with Crippen LogP contribution < -0.4 is 0 Å². The normalized spacial score (nSPS) is 43.2. The first-order valence-corrected chi connectivity index (χ1v) is 3.86. The highest BCUT2D eigenvalue weighted by Gasteiger charge is 2.49. The largest absolute Gasteiger partial charge is 0.356 e. The fourth-order valence-corrected chi connectivity index (χ4v) is 1.73. The van der Waals surface area contributed by atoms with Crippen molar-refractivity contribution in [2.75, 3.05) is 0 Å². The second kappa shape index (κ2) is 1.91. The lowest BCUT2D eigenvalue weighted by Crippen LogP contribution is -2.43. The van der Waals surface area contributed by atoms with Gasteiger partial charge in [-0.2, -0.15) is 0 Å². The van der Waals surface area contributed by atoms with E-state index >= 15 is 0 Å². The van der Waals surface area contributed by atoms with Crippen molar-refractivity contribution in [3.63, 3.8) is 0 Å². The molecule has 0 aromatic carbocycles. The maximum absolute atomic E-state index is 11.2. The Labute approximate surface area is 64.7 Å². The van der Waals surface area contributed by atoms with Gasteiger partial charge in [-0.1, -0.05) is 0 Å². The van der Waals surface area contributed by atoms with E-state index in [1.807, 2.05) is 0 Å². The van der Waals surface area contributed by atoms with Crippen LogP contribution >= 0.6 is 0 Å². The standard InChI is InChI=1S/C8H10O3/c1-8-3-2-6(11-8)5(9)4-7(8)10/h6H,2-4H2,1H3/t6-,8+/m1/s1. The van der Waals surface area contributed by atoms with Crippen molar-refractivity contribution in [3.8, 4) is 0 Å². The quantitative estimate of drug-likeness (QED) is 0.476. The number of carbonyl (C=O) groups excluding carboxylic acids is 2. The maximum atomic E-state index is 11.2. The molecule has 2 heterocycles. The first-order valence-electron chi connectivity index (χ1n) is 3.86. The number of hydrogen-bond donors (Lipinski definition) is 0. The van der Waals surface area contributed by atoms with Crippen LogP contribution in [0.4, 0.5) is 0 Å². The van der Waals surface area contributed by atoms with Crippen LogP contribution in [0.5, 0.6) is 0 Å². The molecule has 2 fully saturated rings. The molecular weight excluding hydrogens is 144 g/mol. The SMILES string of the molecule is C[C@@]12CC[C@@H](O1)C(=O)CC2=O. The lowest BCUT2D eigenvalue weighted by atomic mass is 9.95. The van der Waals surface area contributed by atoms with Crippen LogP contribution in [0.15, 0.2) is 0 Å². The van der Waals surface area contributed by atoms with Gasteiger partial charge in [0.2, 0.25) is 0 Å². The van der Waals surface area contributed by atoms with Crippen LogP contribution in [-0.4, -0.2) is 23.3 Å². The van der Waals surface area contributed by atoms with Crippen LogP contribution in [0.3, 0.4) is 0 Å². The van der Waals surface area contributed by atoms with Crippen molar-refractivity contribution in [2.24, 2.45) is 0 Å². The van der Waals surface area contributed by atoms with E-state index in [1.165, 1.54) is 0 Å². The molecule has 2 rings (SSSR count). The van der Waals surface area contributed by atoms with Crippen LogP contribution in [0.25, 0.3) is 0 Å². The van der Waals surface area contributed by atoms with Crippen molar-refractivity contribution in [3.05, 3.63) is 0 Å². The molecular formula is C8H10O3.